The number of piperidine rings is 1. The van der Waals surface area contributed by atoms with E-state index in [1.807, 2.05) is 32.2 Å². The summed E-state index contributed by atoms with van der Waals surface area (Å²) in [5.41, 5.74) is 9.38. The van der Waals surface area contributed by atoms with Gasteiger partial charge in [0.1, 0.15) is 18.1 Å². The molecule has 0 aliphatic carbocycles. The zero-order valence-electron chi connectivity index (χ0n) is 39.1. The molecule has 0 saturated carbocycles. The van der Waals surface area contributed by atoms with E-state index < -0.39 is 41.3 Å². The zero-order valence-corrected chi connectivity index (χ0v) is 43.9. The Morgan fingerprint density at radius 1 is 1.09 bits per heavy atom. The van der Waals surface area contributed by atoms with Crippen molar-refractivity contribution in [2.75, 3.05) is 40.4 Å². The van der Waals surface area contributed by atoms with E-state index in [9.17, 15) is 19.2 Å². The standard InChI is InChI=1S/C46H60N8O7S.4H2S/c1-9-53-37-15-14-28-18-32(37)33(41(53)31-12-10-16-47-39(31)27(4)59-8)21-46(5,6)25-60-44(57)34-13-11-17-54(50-34)43(56)35(20-38-48-36(28)24-62-38)49-42(55)40(26(2)3)51(7)45(58)52-22-29-19-30(23-52)61-29;;;;/h10,12,14-16,18,24,26-27,29-30,34-35,40,50H,9,11,13,17,19-23,25H2,1-8H3,(H,49,55);4*1H2/t27-,29?,30?,34-,35-,40-;;;;/m0..../s1. The molecule has 364 valence electrons. The maximum Gasteiger partial charge on any atom is 0.324 e. The van der Waals surface area contributed by atoms with Gasteiger partial charge in [0.25, 0.3) is 5.91 Å². The van der Waals surface area contributed by atoms with Crippen LogP contribution in [0, 0.1) is 11.3 Å². The lowest BCUT2D eigenvalue weighted by Gasteiger charge is -2.48. The van der Waals surface area contributed by atoms with E-state index in [2.05, 4.69) is 60.3 Å². The number of esters is 1. The van der Waals surface area contributed by atoms with Crippen molar-refractivity contribution in [1.82, 2.24) is 40.1 Å². The van der Waals surface area contributed by atoms with Crippen molar-refractivity contribution in [3.05, 3.63) is 58.2 Å². The summed E-state index contributed by atoms with van der Waals surface area (Å²) in [6, 6.07) is 7.56. The molecule has 8 bridgehead atoms. The third-order valence-electron chi connectivity index (χ3n) is 12.8. The minimum Gasteiger partial charge on any atom is -0.464 e. The van der Waals surface area contributed by atoms with Crippen molar-refractivity contribution >= 4 is 100 Å². The monoisotopic (exact) mass is 1000 g/mol. The van der Waals surface area contributed by atoms with Crippen LogP contribution in [-0.2, 0) is 48.0 Å². The highest BCUT2D eigenvalue weighted by Crippen LogP contribution is 2.42. The Labute approximate surface area is 420 Å². The first kappa shape index (κ1) is 55.1. The number of urea groups is 1. The number of carbonyl (C=O) groups is 4. The number of amides is 4. The highest BCUT2D eigenvalue weighted by atomic mass is 32.1. The topological polar surface area (TPSA) is 160 Å². The van der Waals surface area contributed by atoms with Gasteiger partial charge >= 0.3 is 12.0 Å². The van der Waals surface area contributed by atoms with Gasteiger partial charge in [0.15, 0.2) is 0 Å². The number of methoxy groups -OCH3 is 1. The Bertz CT molecular complexity index is 2340. The van der Waals surface area contributed by atoms with Crippen LogP contribution in [0.25, 0.3) is 33.4 Å². The number of nitrogens with one attached hydrogen (secondary N) is 2. The lowest BCUT2D eigenvalue weighted by atomic mass is 9.84. The Hall–Kier alpha value is -3.50. The van der Waals surface area contributed by atoms with Gasteiger partial charge < -0.3 is 33.9 Å². The molecule has 5 aliphatic rings. The molecule has 4 fully saturated rings. The summed E-state index contributed by atoms with van der Waals surface area (Å²) < 4.78 is 20.0. The lowest BCUT2D eigenvalue weighted by molar-refractivity contribution is -0.172. The van der Waals surface area contributed by atoms with Crippen LogP contribution < -0.4 is 10.7 Å². The molecule has 6 atom stereocenters. The molecule has 5 aliphatic heterocycles. The average Bonchev–Trinajstić information content (AvgIpc) is 3.85. The number of rotatable bonds is 8. The number of nitrogens with zero attached hydrogens (tertiary/aromatic N) is 6. The number of morpholine rings is 1. The molecule has 20 heteroatoms. The number of aryl methyl sites for hydroxylation is 1. The van der Waals surface area contributed by atoms with Crippen molar-refractivity contribution in [2.45, 2.75) is 117 Å². The number of hydrazine groups is 1. The Morgan fingerprint density at radius 3 is 2.47 bits per heavy atom. The van der Waals surface area contributed by atoms with Gasteiger partial charge in [0.2, 0.25) is 5.91 Å². The van der Waals surface area contributed by atoms with E-state index >= 15 is 0 Å². The smallest absolute Gasteiger partial charge is 0.324 e. The van der Waals surface area contributed by atoms with E-state index in [4.69, 9.17) is 24.2 Å². The molecule has 9 rings (SSSR count). The molecule has 1 aromatic carbocycles. The first-order valence-electron chi connectivity index (χ1n) is 22.0. The Balaban J connectivity index is 0.00000238. The Kier molecular flexibility index (Phi) is 19.0. The van der Waals surface area contributed by atoms with E-state index in [1.54, 1.807) is 25.3 Å². The third-order valence-corrected chi connectivity index (χ3v) is 13.7. The molecular formula is C46H68N8O7S5. The molecule has 8 heterocycles. The molecular weight excluding hydrogens is 937 g/mol. The van der Waals surface area contributed by atoms with Crippen molar-refractivity contribution in [3.8, 4) is 22.5 Å². The molecule has 0 radical (unpaired) electrons. The van der Waals surface area contributed by atoms with Crippen LogP contribution in [0.5, 0.6) is 0 Å². The second-order valence-corrected chi connectivity index (χ2v) is 19.3. The fraction of sp³-hybridized carbons (Fsp3) is 0.565. The Morgan fingerprint density at radius 2 is 1.80 bits per heavy atom. The highest BCUT2D eigenvalue weighted by molar-refractivity contribution is 7.59. The first-order chi connectivity index (χ1) is 29.7. The summed E-state index contributed by atoms with van der Waals surface area (Å²) in [7, 11) is 3.33. The molecule has 4 saturated heterocycles. The van der Waals surface area contributed by atoms with Crippen LogP contribution >= 0.6 is 65.3 Å². The second-order valence-electron chi connectivity index (χ2n) is 18.4. The van der Waals surface area contributed by atoms with Gasteiger partial charge in [0, 0.05) is 92.2 Å². The number of ether oxygens (including phenoxy) is 3. The summed E-state index contributed by atoms with van der Waals surface area (Å²) in [4.78, 5) is 69.6. The maximum atomic E-state index is 14.6. The van der Waals surface area contributed by atoms with E-state index in [0.29, 0.717) is 50.4 Å². The van der Waals surface area contributed by atoms with Gasteiger partial charge in [-0.15, -0.1) is 11.3 Å². The summed E-state index contributed by atoms with van der Waals surface area (Å²) in [6.07, 6.45) is 4.29. The fourth-order valence-electron chi connectivity index (χ4n) is 9.60. The van der Waals surface area contributed by atoms with Crippen LogP contribution in [0.15, 0.2) is 41.9 Å². The van der Waals surface area contributed by atoms with E-state index in [0.717, 1.165) is 51.1 Å². The third kappa shape index (κ3) is 11.2. The van der Waals surface area contributed by atoms with Crippen LogP contribution in [-0.4, -0.2) is 124 Å². The summed E-state index contributed by atoms with van der Waals surface area (Å²) in [6.45, 7) is 14.3. The number of hydrogen-bond acceptors (Lipinski definition) is 11. The largest absolute Gasteiger partial charge is 0.464 e. The summed E-state index contributed by atoms with van der Waals surface area (Å²) >= 11 is 1.43. The number of cyclic esters (lactones) is 1. The zero-order chi connectivity index (χ0) is 44.0. The molecule has 4 amide bonds. The van der Waals surface area contributed by atoms with Crippen molar-refractivity contribution in [1.29, 1.82) is 0 Å². The second kappa shape index (κ2) is 22.7. The number of fused-ring (bicyclic) bond motifs is 8. The number of carbonyl (C=O) groups excluding carboxylic acids is 4. The normalized spacial score (nSPS) is 22.2. The van der Waals surface area contributed by atoms with Crippen LogP contribution in [0.4, 0.5) is 4.79 Å². The molecule has 2 N–H and O–H groups in total. The average molecular weight is 1010 g/mol. The highest BCUT2D eigenvalue weighted by Gasteiger charge is 2.43. The molecule has 2 unspecified atom stereocenters. The molecule has 3 aromatic heterocycles. The van der Waals surface area contributed by atoms with Gasteiger partial charge in [-0.05, 0) is 68.9 Å². The minimum atomic E-state index is -1.04. The summed E-state index contributed by atoms with van der Waals surface area (Å²) in [5.74, 6) is -1.53. The van der Waals surface area contributed by atoms with Crippen molar-refractivity contribution < 1.29 is 33.4 Å². The van der Waals surface area contributed by atoms with Crippen LogP contribution in [0.2, 0.25) is 0 Å². The number of thiazole rings is 1. The van der Waals surface area contributed by atoms with Gasteiger partial charge in [-0.25, -0.2) is 15.2 Å². The predicted octanol–water partition coefficient (Wildman–Crippen LogP) is 6.20. The number of benzene rings is 1. The SMILES string of the molecule is CCn1c(-c2cccnc2[C@H](C)OC)c2c3cc(ccc31)-c1csc(n1)C[C@H](NC(=O)[C@H](C(C)C)N(C)C(=O)N1CC3CC(C1)O3)C(=O)N1CCC[C@H](N1)C(=O)OCC(C)(C)C2.S.S.S.S. The van der Waals surface area contributed by atoms with Crippen molar-refractivity contribution in [2.24, 2.45) is 11.3 Å². The van der Waals surface area contributed by atoms with Crippen LogP contribution in [0.3, 0.4) is 0 Å². The lowest BCUT2D eigenvalue weighted by Crippen LogP contribution is -2.64. The number of pyridine rings is 1. The molecule has 15 nitrogen and oxygen atoms in total. The van der Waals surface area contributed by atoms with Crippen LogP contribution in [0.1, 0.15) is 83.2 Å². The fourth-order valence-corrected chi connectivity index (χ4v) is 10.5. The van der Waals surface area contributed by atoms with Crippen molar-refractivity contribution in [3.63, 3.8) is 0 Å². The van der Waals surface area contributed by atoms with Gasteiger partial charge in [-0.1, -0.05) is 33.8 Å². The van der Waals surface area contributed by atoms with Gasteiger partial charge in [-0.2, -0.15) is 54.0 Å². The minimum absolute atomic E-state index is 0. The molecule has 0 spiro atoms. The predicted molar refractivity (Wildman–Crippen MR) is 277 cm³/mol. The maximum absolute atomic E-state index is 14.6. The number of aromatic nitrogens is 3. The van der Waals surface area contributed by atoms with Gasteiger partial charge in [-0.3, -0.25) is 24.4 Å². The van der Waals surface area contributed by atoms with Gasteiger partial charge in [0.05, 0.1) is 47.0 Å². The molecule has 4 aromatic rings. The number of hydrogen-bond donors (Lipinski definition) is 2. The molecule has 66 heavy (non-hydrogen) atoms. The van der Waals surface area contributed by atoms with E-state index in [1.165, 1.54) is 21.2 Å². The first-order valence-corrected chi connectivity index (χ1v) is 22.8. The van der Waals surface area contributed by atoms with E-state index in [-0.39, 0.29) is 97.3 Å². The number of likely N-dealkylation sites (N-methyl/N-ethyl adjacent to an activating group) is 1. The summed E-state index contributed by atoms with van der Waals surface area (Å²) in [5, 5.41) is 8.20. The quantitative estimate of drug-likeness (QED) is 0.195.